The Kier molecular flexibility index (Phi) is 15.9. The molecule has 2 nitrogen and oxygen atoms in total. The highest BCUT2D eigenvalue weighted by atomic mass is 28.3. The number of hydrogen-bond donors (Lipinski definition) is 0. The molecule has 12 heteroatoms. The smallest absolute Gasteiger partial charge is 0.330 e. The van der Waals surface area contributed by atoms with E-state index in [1.807, 2.05) is 11.0 Å². The normalized spacial score (nSPS) is 16.7. The lowest BCUT2D eigenvalue weighted by Crippen LogP contribution is -2.40. The molecule has 4 aliphatic carbocycles. The molecule has 0 spiro atoms. The first-order valence-corrected chi connectivity index (χ1v) is 45.0. The van der Waals surface area contributed by atoms with Gasteiger partial charge in [-0.3, -0.25) is 0 Å². The minimum atomic E-state index is -4.63. The van der Waals surface area contributed by atoms with Gasteiger partial charge in [-0.25, -0.2) is 0 Å². The standard InChI is InChI=1S/C78H76F6N2Si4/c1-87(2,3)71-31-17-13-27-59(71)53-39-45-69(65(47-53)61-29-15-19-33-73(61)89(7,8)9)85(57-25-21-23-55(49-57)77(79,80)81)67-43-37-51-36-42-64-68(44-38-52-35-41-63(67)75(51)76(52)64)86(58-26-22-24-56(50-58)78(82,83)84)70-46-40-54(60-28-14-18-32-72(60)88(4,5)6)48-66(70)62-30-16-20-34-74(62)90(10,11)12/h13-50,67,76H,1-12H3. The molecule has 0 aliphatic heterocycles. The van der Waals surface area contributed by atoms with Crippen LogP contribution in [0.5, 0.6) is 0 Å². The molecule has 8 aromatic rings. The van der Waals surface area contributed by atoms with Crippen molar-refractivity contribution in [3.05, 3.63) is 275 Å². The van der Waals surface area contributed by atoms with Crippen molar-refractivity contribution in [2.24, 2.45) is 5.92 Å². The Morgan fingerprint density at radius 1 is 0.378 bits per heavy atom. The number of anilines is 4. The summed E-state index contributed by atoms with van der Waals surface area (Å²) in [5.74, 6) is -0.401. The maximum atomic E-state index is 15.2. The molecule has 90 heavy (non-hydrogen) atoms. The van der Waals surface area contributed by atoms with E-state index in [9.17, 15) is 0 Å². The fourth-order valence-corrected chi connectivity index (χ4v) is 20.3. The molecular formula is C78H76F6N2Si4. The molecule has 0 radical (unpaired) electrons. The summed E-state index contributed by atoms with van der Waals surface area (Å²) in [7, 11) is -7.94. The molecule has 0 heterocycles. The molecule has 4 aliphatic rings. The molecule has 8 aromatic carbocycles. The van der Waals surface area contributed by atoms with Crippen LogP contribution >= 0.6 is 0 Å². The summed E-state index contributed by atoms with van der Waals surface area (Å²) in [6.45, 7) is 28.0. The predicted molar refractivity (Wildman–Crippen MR) is 379 cm³/mol. The van der Waals surface area contributed by atoms with E-state index in [-0.39, 0.29) is 0 Å². The van der Waals surface area contributed by atoms with E-state index in [1.165, 1.54) is 45.0 Å². The lowest BCUT2D eigenvalue weighted by molar-refractivity contribution is -0.138. The fourth-order valence-electron chi connectivity index (χ4n) is 13.8. The average molecular weight is 1270 g/mol. The van der Waals surface area contributed by atoms with Crippen molar-refractivity contribution in [3.63, 3.8) is 0 Å². The summed E-state index contributed by atoms with van der Waals surface area (Å²) >= 11 is 0. The second kappa shape index (κ2) is 23.0. The Morgan fingerprint density at radius 3 is 1.32 bits per heavy atom. The van der Waals surface area contributed by atoms with Gasteiger partial charge < -0.3 is 9.80 Å². The maximum absolute atomic E-state index is 15.2. The molecule has 456 valence electrons. The monoisotopic (exact) mass is 1270 g/mol. The lowest BCUT2D eigenvalue weighted by Gasteiger charge is -2.44. The van der Waals surface area contributed by atoms with Crippen LogP contribution in [0.2, 0.25) is 78.6 Å². The number of benzene rings is 8. The largest absolute Gasteiger partial charge is 0.416 e. The van der Waals surface area contributed by atoms with E-state index in [1.54, 1.807) is 12.1 Å². The summed E-state index contributed by atoms with van der Waals surface area (Å²) in [4.78, 5) is 4.14. The number of rotatable bonds is 14. The van der Waals surface area contributed by atoms with Crippen molar-refractivity contribution in [3.8, 4) is 44.5 Å². The minimum Gasteiger partial charge on any atom is -0.330 e. The van der Waals surface area contributed by atoms with Crippen LogP contribution in [-0.2, 0) is 12.4 Å². The summed E-state index contributed by atoms with van der Waals surface area (Å²) in [5, 5.41) is 5.09. The third-order valence-corrected chi connectivity index (χ3v) is 26.2. The van der Waals surface area contributed by atoms with Gasteiger partial charge in [0, 0.05) is 34.1 Å². The van der Waals surface area contributed by atoms with Crippen LogP contribution in [0.3, 0.4) is 0 Å². The second-order valence-electron chi connectivity index (χ2n) is 28.3. The maximum Gasteiger partial charge on any atom is 0.416 e. The van der Waals surface area contributed by atoms with Gasteiger partial charge in [-0.05, 0) is 128 Å². The molecular weight excluding hydrogens is 1190 g/mol. The number of alkyl halides is 6. The van der Waals surface area contributed by atoms with Crippen LogP contribution < -0.4 is 30.5 Å². The zero-order chi connectivity index (χ0) is 64.0. The van der Waals surface area contributed by atoms with Crippen LogP contribution in [0.4, 0.5) is 49.1 Å². The SMILES string of the molecule is C[Si](C)(C)c1ccccc1-c1ccc(N(C2=C3C=CC4=C5C(=CC=C(C=C2)C35)C(N(c2cccc(C(F)(F)F)c2)c2ccc(-c3ccccc3[Si](C)(C)C)cc2-c2ccccc2[Si](C)(C)C)C=C4)c2cccc(C(F)(F)F)c2)c(-c2ccccc2[Si](C)(C)C)c1. The Bertz CT molecular complexity index is 4410. The van der Waals surface area contributed by atoms with Gasteiger partial charge in [0.25, 0.3) is 0 Å². The molecule has 12 rings (SSSR count). The van der Waals surface area contributed by atoms with E-state index in [2.05, 4.69) is 259 Å². The van der Waals surface area contributed by atoms with Gasteiger partial charge in [-0.15, -0.1) is 0 Å². The van der Waals surface area contributed by atoms with Crippen LogP contribution in [0.1, 0.15) is 11.1 Å². The van der Waals surface area contributed by atoms with Crippen molar-refractivity contribution >= 4 is 75.8 Å². The van der Waals surface area contributed by atoms with Crippen LogP contribution in [0.15, 0.2) is 264 Å². The van der Waals surface area contributed by atoms with Crippen molar-refractivity contribution in [1.82, 2.24) is 0 Å². The molecule has 0 N–H and O–H groups in total. The van der Waals surface area contributed by atoms with Gasteiger partial charge in [0.2, 0.25) is 0 Å². The van der Waals surface area contributed by atoms with Gasteiger partial charge in [0.15, 0.2) is 0 Å². The molecule has 0 aromatic heterocycles. The third-order valence-electron chi connectivity index (χ3n) is 18.0. The topological polar surface area (TPSA) is 6.48 Å². The molecule has 2 unspecified atom stereocenters. The fraction of sp³-hybridized carbons (Fsp3) is 0.205. The predicted octanol–water partition coefficient (Wildman–Crippen LogP) is 20.7. The summed E-state index contributed by atoms with van der Waals surface area (Å²) in [6, 6.07) is 58.0. The van der Waals surface area contributed by atoms with E-state index in [0.29, 0.717) is 17.1 Å². The molecule has 0 saturated heterocycles. The molecule has 0 bridgehead atoms. The first-order valence-electron chi connectivity index (χ1n) is 31.0. The first-order chi connectivity index (χ1) is 42.5. The van der Waals surface area contributed by atoms with Gasteiger partial charge in [-0.1, -0.05) is 263 Å². The van der Waals surface area contributed by atoms with Crippen LogP contribution in [-0.4, -0.2) is 38.3 Å². The highest BCUT2D eigenvalue weighted by molar-refractivity contribution is 6.91. The van der Waals surface area contributed by atoms with Crippen molar-refractivity contribution in [2.75, 3.05) is 9.80 Å². The highest BCUT2D eigenvalue weighted by Gasteiger charge is 2.42. The van der Waals surface area contributed by atoms with Gasteiger partial charge in [0.1, 0.15) is 0 Å². The van der Waals surface area contributed by atoms with Crippen molar-refractivity contribution in [2.45, 2.75) is 97.0 Å². The first kappa shape index (κ1) is 62.2. The zero-order valence-electron chi connectivity index (χ0n) is 53.3. The number of nitrogens with zero attached hydrogens (tertiary/aromatic N) is 2. The van der Waals surface area contributed by atoms with Gasteiger partial charge in [0.05, 0.1) is 60.8 Å². The van der Waals surface area contributed by atoms with Crippen molar-refractivity contribution in [1.29, 1.82) is 0 Å². The highest BCUT2D eigenvalue weighted by Crippen LogP contribution is 2.54. The van der Waals surface area contributed by atoms with Gasteiger partial charge in [-0.2, -0.15) is 26.3 Å². The van der Waals surface area contributed by atoms with E-state index in [4.69, 9.17) is 0 Å². The summed E-state index contributed by atoms with van der Waals surface area (Å²) in [5.41, 5.74) is 14.4. The number of hydrogen-bond acceptors (Lipinski definition) is 2. The van der Waals surface area contributed by atoms with Crippen LogP contribution in [0.25, 0.3) is 44.5 Å². The zero-order valence-corrected chi connectivity index (χ0v) is 57.3. The van der Waals surface area contributed by atoms with Crippen LogP contribution in [0, 0.1) is 5.92 Å². The number of allylic oxidation sites excluding steroid dienone is 10. The summed E-state index contributed by atoms with van der Waals surface area (Å²) in [6.07, 6.45) is 7.57. The Hall–Kier alpha value is -8.01. The molecule has 0 saturated carbocycles. The summed E-state index contributed by atoms with van der Waals surface area (Å²) < 4.78 is 91.1. The second-order valence-corrected chi connectivity index (χ2v) is 48.5. The Labute approximate surface area is 531 Å². The quantitative estimate of drug-likeness (QED) is 0.0791. The molecule has 2 atom stereocenters. The Balaban J connectivity index is 1.08. The van der Waals surface area contributed by atoms with E-state index >= 15 is 26.3 Å². The molecule has 0 amide bonds. The third kappa shape index (κ3) is 11.8. The van der Waals surface area contributed by atoms with E-state index < -0.39 is 67.7 Å². The molecule has 0 fully saturated rings. The minimum absolute atomic E-state index is 0.352. The number of halogens is 6. The van der Waals surface area contributed by atoms with Crippen molar-refractivity contribution < 1.29 is 26.3 Å². The average Bonchev–Trinajstić information content (AvgIpc) is 0.726. The van der Waals surface area contributed by atoms with E-state index in [0.717, 1.165) is 95.9 Å². The van der Waals surface area contributed by atoms with Gasteiger partial charge >= 0.3 is 12.4 Å². The lowest BCUT2D eigenvalue weighted by atomic mass is 9.67. The Morgan fingerprint density at radius 2 is 0.822 bits per heavy atom.